The van der Waals surface area contributed by atoms with Gasteiger partial charge in [0, 0.05) is 12.3 Å². The summed E-state index contributed by atoms with van der Waals surface area (Å²) in [7, 11) is -3.32. The van der Waals surface area contributed by atoms with E-state index in [4.69, 9.17) is 0 Å². The Morgan fingerprint density at radius 2 is 2.00 bits per heavy atom. The summed E-state index contributed by atoms with van der Waals surface area (Å²) < 4.78 is 23.3. The molecule has 0 amide bonds. The molecule has 0 radical (unpaired) electrons. The fourth-order valence-corrected chi connectivity index (χ4v) is 4.23. The number of hydrogen-bond donors (Lipinski definition) is 2. The Kier molecular flexibility index (Phi) is 2.74. The van der Waals surface area contributed by atoms with Crippen molar-refractivity contribution in [2.75, 3.05) is 6.26 Å². The summed E-state index contributed by atoms with van der Waals surface area (Å²) >= 11 is 0. The number of hydrogen-bond acceptors (Lipinski definition) is 4. The molecule has 2 fully saturated rings. The molecule has 0 aromatic heterocycles. The SMILES string of the molecule is CS(=O)(=O)C1CCCC1(NC1CC1)C(=O)O. The van der Waals surface area contributed by atoms with Crippen molar-refractivity contribution in [3.05, 3.63) is 0 Å². The van der Waals surface area contributed by atoms with Crippen LogP contribution >= 0.6 is 0 Å². The lowest BCUT2D eigenvalue weighted by atomic mass is 9.97. The number of sulfone groups is 1. The van der Waals surface area contributed by atoms with Crippen molar-refractivity contribution in [3.63, 3.8) is 0 Å². The Balaban J connectivity index is 2.32. The maximum absolute atomic E-state index is 11.7. The second-order valence-electron chi connectivity index (χ2n) is 4.91. The van der Waals surface area contributed by atoms with Gasteiger partial charge in [0.25, 0.3) is 0 Å². The zero-order valence-corrected chi connectivity index (χ0v) is 10.1. The molecule has 92 valence electrons. The molecule has 2 unspecified atom stereocenters. The predicted molar refractivity (Wildman–Crippen MR) is 59.0 cm³/mol. The van der Waals surface area contributed by atoms with Gasteiger partial charge in [0.15, 0.2) is 9.84 Å². The summed E-state index contributed by atoms with van der Waals surface area (Å²) in [6.07, 6.45) is 4.55. The van der Waals surface area contributed by atoms with Gasteiger partial charge in [0.1, 0.15) is 5.54 Å². The highest BCUT2D eigenvalue weighted by atomic mass is 32.2. The van der Waals surface area contributed by atoms with Crippen LogP contribution in [0.25, 0.3) is 0 Å². The first-order chi connectivity index (χ1) is 7.36. The summed E-state index contributed by atoms with van der Waals surface area (Å²) in [6, 6.07) is 0.193. The molecule has 2 aliphatic rings. The van der Waals surface area contributed by atoms with E-state index in [0.717, 1.165) is 19.1 Å². The molecule has 0 heterocycles. The fraction of sp³-hybridized carbons (Fsp3) is 0.900. The van der Waals surface area contributed by atoms with Gasteiger partial charge in [-0.1, -0.05) is 0 Å². The Hall–Kier alpha value is -0.620. The van der Waals surface area contributed by atoms with Crippen LogP contribution in [0.4, 0.5) is 0 Å². The number of aliphatic carboxylic acids is 1. The van der Waals surface area contributed by atoms with Crippen LogP contribution in [0.15, 0.2) is 0 Å². The van der Waals surface area contributed by atoms with Gasteiger partial charge >= 0.3 is 5.97 Å². The normalized spacial score (nSPS) is 35.2. The van der Waals surface area contributed by atoms with Crippen LogP contribution in [0.5, 0.6) is 0 Å². The van der Waals surface area contributed by atoms with Crippen LogP contribution in [-0.4, -0.2) is 42.6 Å². The lowest BCUT2D eigenvalue weighted by Crippen LogP contribution is -2.60. The van der Waals surface area contributed by atoms with Gasteiger partial charge in [-0.3, -0.25) is 10.1 Å². The van der Waals surface area contributed by atoms with Crippen LogP contribution in [-0.2, 0) is 14.6 Å². The van der Waals surface area contributed by atoms with E-state index < -0.39 is 26.6 Å². The van der Waals surface area contributed by atoms with E-state index in [0.29, 0.717) is 19.3 Å². The van der Waals surface area contributed by atoms with E-state index >= 15 is 0 Å². The molecule has 2 rings (SSSR count). The topological polar surface area (TPSA) is 83.5 Å². The lowest BCUT2D eigenvalue weighted by Gasteiger charge is -2.31. The van der Waals surface area contributed by atoms with Crippen LogP contribution in [0.3, 0.4) is 0 Å². The minimum Gasteiger partial charge on any atom is -0.480 e. The summed E-state index contributed by atoms with van der Waals surface area (Å²) in [5.74, 6) is -1.02. The maximum Gasteiger partial charge on any atom is 0.325 e. The third-order valence-electron chi connectivity index (χ3n) is 3.52. The zero-order chi connectivity index (χ0) is 12.0. The quantitative estimate of drug-likeness (QED) is 0.739. The van der Waals surface area contributed by atoms with Crippen molar-refractivity contribution >= 4 is 15.8 Å². The fourth-order valence-electron chi connectivity index (χ4n) is 2.62. The van der Waals surface area contributed by atoms with Crippen molar-refractivity contribution in [1.29, 1.82) is 0 Å². The minimum atomic E-state index is -3.32. The highest BCUT2D eigenvalue weighted by molar-refractivity contribution is 7.91. The van der Waals surface area contributed by atoms with Crippen LogP contribution in [0.2, 0.25) is 0 Å². The van der Waals surface area contributed by atoms with Crippen LogP contribution in [0.1, 0.15) is 32.1 Å². The maximum atomic E-state index is 11.7. The second-order valence-corrected chi connectivity index (χ2v) is 7.13. The Bertz CT molecular complexity index is 401. The van der Waals surface area contributed by atoms with Gasteiger partial charge in [-0.25, -0.2) is 8.42 Å². The largest absolute Gasteiger partial charge is 0.480 e. The molecule has 16 heavy (non-hydrogen) atoms. The molecule has 6 heteroatoms. The molecular weight excluding hydrogens is 230 g/mol. The van der Waals surface area contributed by atoms with Crippen molar-refractivity contribution < 1.29 is 18.3 Å². The minimum absolute atomic E-state index is 0.193. The second kappa shape index (κ2) is 3.70. The summed E-state index contributed by atoms with van der Waals surface area (Å²) in [5.41, 5.74) is -1.24. The third kappa shape index (κ3) is 1.96. The van der Waals surface area contributed by atoms with Gasteiger partial charge in [-0.05, 0) is 32.1 Å². The molecular formula is C10H17NO4S. The van der Waals surface area contributed by atoms with Gasteiger partial charge in [-0.2, -0.15) is 0 Å². The van der Waals surface area contributed by atoms with Gasteiger partial charge in [-0.15, -0.1) is 0 Å². The third-order valence-corrected chi connectivity index (χ3v) is 5.20. The Labute approximate surface area is 95.1 Å². The monoisotopic (exact) mass is 247 g/mol. The summed E-state index contributed by atoms with van der Waals surface area (Å²) in [4.78, 5) is 11.4. The van der Waals surface area contributed by atoms with Crippen molar-refractivity contribution in [3.8, 4) is 0 Å². The van der Waals surface area contributed by atoms with E-state index in [-0.39, 0.29) is 6.04 Å². The van der Waals surface area contributed by atoms with E-state index in [1.165, 1.54) is 0 Å². The average Bonchev–Trinajstić information content (AvgIpc) is 2.80. The van der Waals surface area contributed by atoms with E-state index in [9.17, 15) is 18.3 Å². The molecule has 5 nitrogen and oxygen atoms in total. The van der Waals surface area contributed by atoms with Crippen molar-refractivity contribution in [1.82, 2.24) is 5.32 Å². The van der Waals surface area contributed by atoms with Gasteiger partial charge < -0.3 is 5.11 Å². The highest BCUT2D eigenvalue weighted by Gasteiger charge is 2.55. The van der Waals surface area contributed by atoms with Gasteiger partial charge in [0.05, 0.1) is 5.25 Å². The first kappa shape index (κ1) is 11.9. The molecule has 0 aromatic rings. The number of carboxylic acids is 1. The molecule has 2 N–H and O–H groups in total. The smallest absolute Gasteiger partial charge is 0.325 e. The molecule has 0 saturated heterocycles. The molecule has 0 aromatic carbocycles. The number of carbonyl (C=O) groups is 1. The highest BCUT2D eigenvalue weighted by Crippen LogP contribution is 2.38. The molecule has 2 aliphatic carbocycles. The average molecular weight is 247 g/mol. The Morgan fingerprint density at radius 1 is 1.38 bits per heavy atom. The van der Waals surface area contributed by atoms with E-state index in [1.54, 1.807) is 0 Å². The van der Waals surface area contributed by atoms with Crippen molar-refractivity contribution in [2.45, 2.75) is 48.9 Å². The molecule has 0 aliphatic heterocycles. The standard InChI is InChI=1S/C10H17NO4S/c1-16(14,15)8-3-2-6-10(8,9(12)13)11-7-4-5-7/h7-8,11H,2-6H2,1H3,(H,12,13). The van der Waals surface area contributed by atoms with Crippen LogP contribution in [0, 0.1) is 0 Å². The molecule has 2 atom stereocenters. The lowest BCUT2D eigenvalue weighted by molar-refractivity contribution is -0.144. The number of rotatable bonds is 4. The van der Waals surface area contributed by atoms with Gasteiger partial charge in [0.2, 0.25) is 0 Å². The summed E-state index contributed by atoms with van der Waals surface area (Å²) in [6.45, 7) is 0. The molecule has 0 bridgehead atoms. The first-order valence-electron chi connectivity index (χ1n) is 5.56. The predicted octanol–water partition coefficient (Wildman–Crippen LogP) is 0.159. The van der Waals surface area contributed by atoms with Crippen LogP contribution < -0.4 is 5.32 Å². The van der Waals surface area contributed by atoms with E-state index in [1.807, 2.05) is 0 Å². The zero-order valence-electron chi connectivity index (χ0n) is 9.27. The molecule has 2 saturated carbocycles. The number of carboxylic acid groups (broad SMARTS) is 1. The van der Waals surface area contributed by atoms with Crippen molar-refractivity contribution in [2.24, 2.45) is 0 Å². The van der Waals surface area contributed by atoms with E-state index in [2.05, 4.69) is 5.32 Å². The number of nitrogens with one attached hydrogen (secondary N) is 1. The Morgan fingerprint density at radius 3 is 2.44 bits per heavy atom. The first-order valence-corrected chi connectivity index (χ1v) is 7.52. The summed E-state index contributed by atoms with van der Waals surface area (Å²) in [5, 5.41) is 11.6. The molecule has 0 spiro atoms.